The van der Waals surface area contributed by atoms with E-state index in [0.29, 0.717) is 17.2 Å². The first-order valence-electron chi connectivity index (χ1n) is 10.3. The van der Waals surface area contributed by atoms with Gasteiger partial charge in [-0.15, -0.1) is 11.3 Å². The van der Waals surface area contributed by atoms with Gasteiger partial charge in [0.15, 0.2) is 0 Å². The fraction of sp³-hybridized carbons (Fsp3) is 0.333. The lowest BCUT2D eigenvalue weighted by atomic mass is 9.95. The number of fused-ring (bicyclic) bond motifs is 2. The molecule has 0 radical (unpaired) electrons. The van der Waals surface area contributed by atoms with Crippen LogP contribution in [0.1, 0.15) is 53.1 Å². The number of hydrogen-bond acceptors (Lipinski definition) is 5. The van der Waals surface area contributed by atoms with E-state index in [4.69, 9.17) is 9.47 Å². The molecule has 1 N–H and O–H groups in total. The summed E-state index contributed by atoms with van der Waals surface area (Å²) >= 11 is 1.49. The van der Waals surface area contributed by atoms with Crippen LogP contribution in [0, 0.1) is 0 Å². The zero-order valence-electron chi connectivity index (χ0n) is 17.2. The Bertz CT molecular complexity index is 1030. The lowest BCUT2D eigenvalue weighted by molar-refractivity contribution is -0.111. The summed E-state index contributed by atoms with van der Waals surface area (Å²) in [5.74, 6) is 0.214. The van der Waals surface area contributed by atoms with Crippen LogP contribution in [0.15, 0.2) is 42.0 Å². The number of carbonyl (C=O) groups is 2. The highest BCUT2D eigenvalue weighted by Gasteiger charge is 2.27. The molecule has 5 nitrogen and oxygen atoms in total. The number of rotatable bonds is 5. The largest absolute Gasteiger partial charge is 0.485 e. The van der Waals surface area contributed by atoms with Gasteiger partial charge in [-0.25, -0.2) is 4.79 Å². The van der Waals surface area contributed by atoms with Crippen molar-refractivity contribution in [3.63, 3.8) is 0 Å². The minimum absolute atomic E-state index is 0.145. The Morgan fingerprint density at radius 1 is 1.27 bits per heavy atom. The number of nitrogens with one attached hydrogen (secondary N) is 1. The molecule has 1 atom stereocenters. The van der Waals surface area contributed by atoms with E-state index in [-0.39, 0.29) is 18.0 Å². The van der Waals surface area contributed by atoms with Gasteiger partial charge < -0.3 is 14.8 Å². The summed E-state index contributed by atoms with van der Waals surface area (Å²) in [4.78, 5) is 26.4. The maximum absolute atomic E-state index is 12.6. The van der Waals surface area contributed by atoms with E-state index in [1.807, 2.05) is 37.3 Å². The quantitative estimate of drug-likeness (QED) is 0.533. The van der Waals surface area contributed by atoms with Gasteiger partial charge in [0.25, 0.3) is 0 Å². The Labute approximate surface area is 180 Å². The highest BCUT2D eigenvalue weighted by molar-refractivity contribution is 7.17. The first kappa shape index (κ1) is 20.4. The minimum Gasteiger partial charge on any atom is -0.485 e. The van der Waals surface area contributed by atoms with Crippen LogP contribution in [-0.4, -0.2) is 24.6 Å². The fourth-order valence-corrected chi connectivity index (χ4v) is 5.13. The molecular weight excluding hydrogens is 398 g/mol. The minimum atomic E-state index is -0.357. The monoisotopic (exact) mass is 423 g/mol. The van der Waals surface area contributed by atoms with E-state index < -0.39 is 0 Å². The van der Waals surface area contributed by atoms with Crippen LogP contribution >= 0.6 is 11.3 Å². The van der Waals surface area contributed by atoms with Crippen molar-refractivity contribution in [1.82, 2.24) is 0 Å². The molecule has 1 aliphatic carbocycles. The van der Waals surface area contributed by atoms with Gasteiger partial charge in [0, 0.05) is 16.5 Å². The molecule has 6 heteroatoms. The van der Waals surface area contributed by atoms with Crippen molar-refractivity contribution in [3.05, 3.63) is 63.6 Å². The average Bonchev–Trinajstić information content (AvgIpc) is 3.10. The molecule has 1 aromatic carbocycles. The molecule has 1 aliphatic heterocycles. The van der Waals surface area contributed by atoms with Crippen molar-refractivity contribution < 1.29 is 19.1 Å². The number of thiophene rings is 1. The van der Waals surface area contributed by atoms with Crippen molar-refractivity contribution >= 4 is 34.3 Å². The van der Waals surface area contributed by atoms with E-state index in [1.54, 1.807) is 13.0 Å². The van der Waals surface area contributed by atoms with E-state index in [2.05, 4.69) is 5.32 Å². The Morgan fingerprint density at radius 2 is 2.07 bits per heavy atom. The van der Waals surface area contributed by atoms with Crippen LogP contribution in [-0.2, 0) is 22.4 Å². The Balaban J connectivity index is 1.54. The zero-order chi connectivity index (χ0) is 21.1. The van der Waals surface area contributed by atoms with Crippen LogP contribution in [0.3, 0.4) is 0 Å². The van der Waals surface area contributed by atoms with Crippen molar-refractivity contribution in [2.24, 2.45) is 0 Å². The SMILES string of the molecule is CCOC(=O)c1c(NC(=O)/C=C/C2=Cc3ccccc3OC2C)sc2c1CCCC2. The molecule has 4 rings (SSSR count). The topological polar surface area (TPSA) is 64.6 Å². The lowest BCUT2D eigenvalue weighted by Crippen LogP contribution is -2.18. The van der Waals surface area contributed by atoms with E-state index >= 15 is 0 Å². The molecule has 2 aliphatic rings. The number of esters is 1. The van der Waals surface area contributed by atoms with Gasteiger partial charge >= 0.3 is 5.97 Å². The second-order valence-electron chi connectivity index (χ2n) is 7.40. The summed E-state index contributed by atoms with van der Waals surface area (Å²) in [6.45, 7) is 4.05. The van der Waals surface area contributed by atoms with Gasteiger partial charge in [-0.2, -0.15) is 0 Å². The van der Waals surface area contributed by atoms with Crippen LogP contribution in [0.4, 0.5) is 5.00 Å². The van der Waals surface area contributed by atoms with Gasteiger partial charge in [0.1, 0.15) is 16.9 Å². The molecule has 156 valence electrons. The van der Waals surface area contributed by atoms with Crippen molar-refractivity contribution in [3.8, 4) is 5.75 Å². The van der Waals surface area contributed by atoms with E-state index in [0.717, 1.165) is 48.1 Å². The maximum atomic E-state index is 12.6. The molecule has 1 unspecified atom stereocenters. The van der Waals surface area contributed by atoms with E-state index in [1.165, 1.54) is 22.3 Å². The number of ether oxygens (including phenoxy) is 2. The summed E-state index contributed by atoms with van der Waals surface area (Å²) in [5.41, 5.74) is 3.48. The first-order chi connectivity index (χ1) is 14.6. The summed E-state index contributed by atoms with van der Waals surface area (Å²) in [6, 6.07) is 7.82. The molecule has 2 heterocycles. The van der Waals surface area contributed by atoms with Crippen molar-refractivity contribution in [1.29, 1.82) is 0 Å². The highest BCUT2D eigenvalue weighted by atomic mass is 32.1. The lowest BCUT2D eigenvalue weighted by Gasteiger charge is -2.22. The van der Waals surface area contributed by atoms with Crippen LogP contribution in [0.5, 0.6) is 5.75 Å². The Morgan fingerprint density at radius 3 is 2.90 bits per heavy atom. The van der Waals surface area contributed by atoms with E-state index in [9.17, 15) is 9.59 Å². The van der Waals surface area contributed by atoms with Crippen molar-refractivity contribution in [2.45, 2.75) is 45.6 Å². The summed E-state index contributed by atoms with van der Waals surface area (Å²) in [5, 5.41) is 3.49. The Hall–Kier alpha value is -2.86. The standard InChI is InChI=1S/C24H25NO4S/c1-3-28-24(27)22-18-9-5-7-11-20(18)30-23(22)25-21(26)13-12-16-14-17-8-4-6-10-19(17)29-15(16)2/h4,6,8,10,12-15H,3,5,7,9,11H2,1-2H3,(H,25,26)/b13-12+. The van der Waals surface area contributed by atoms with Gasteiger partial charge in [0.2, 0.25) is 5.91 Å². The molecule has 30 heavy (non-hydrogen) atoms. The maximum Gasteiger partial charge on any atom is 0.341 e. The third-order valence-corrected chi connectivity index (χ3v) is 6.54. The second kappa shape index (κ2) is 8.88. The molecule has 0 saturated heterocycles. The van der Waals surface area contributed by atoms with Crippen molar-refractivity contribution in [2.75, 3.05) is 11.9 Å². The van der Waals surface area contributed by atoms with Crippen LogP contribution in [0.25, 0.3) is 6.08 Å². The molecule has 1 aromatic heterocycles. The number of amides is 1. The first-order valence-corrected chi connectivity index (χ1v) is 11.2. The normalized spacial score (nSPS) is 17.5. The molecule has 1 amide bonds. The van der Waals surface area contributed by atoms with Crippen LogP contribution in [0.2, 0.25) is 0 Å². The fourth-order valence-electron chi connectivity index (χ4n) is 3.84. The predicted octanol–water partition coefficient (Wildman–Crippen LogP) is 5.16. The van der Waals surface area contributed by atoms with Gasteiger partial charge in [-0.1, -0.05) is 18.2 Å². The molecule has 0 fully saturated rings. The number of benzene rings is 1. The third-order valence-electron chi connectivity index (χ3n) is 5.33. The smallest absolute Gasteiger partial charge is 0.341 e. The van der Waals surface area contributed by atoms with Gasteiger partial charge in [0.05, 0.1) is 12.2 Å². The number of aryl methyl sites for hydroxylation is 1. The molecule has 2 aromatic rings. The van der Waals surface area contributed by atoms with Crippen LogP contribution < -0.4 is 10.1 Å². The number of carbonyl (C=O) groups excluding carboxylic acids is 2. The number of hydrogen-bond donors (Lipinski definition) is 1. The summed E-state index contributed by atoms with van der Waals surface area (Å²) < 4.78 is 11.2. The molecule has 0 bridgehead atoms. The molecule has 0 saturated carbocycles. The summed E-state index contributed by atoms with van der Waals surface area (Å²) in [6.07, 6.45) is 9.11. The van der Waals surface area contributed by atoms with Gasteiger partial charge in [-0.3, -0.25) is 4.79 Å². The predicted molar refractivity (Wildman–Crippen MR) is 119 cm³/mol. The molecular formula is C24H25NO4S. The molecule has 0 spiro atoms. The number of para-hydroxylation sites is 1. The highest BCUT2D eigenvalue weighted by Crippen LogP contribution is 2.38. The Kier molecular flexibility index (Phi) is 6.04. The average molecular weight is 424 g/mol. The van der Waals surface area contributed by atoms with Gasteiger partial charge in [-0.05, 0) is 68.9 Å². The summed E-state index contributed by atoms with van der Waals surface area (Å²) in [7, 11) is 0. The number of anilines is 1. The third kappa shape index (κ3) is 4.19. The second-order valence-corrected chi connectivity index (χ2v) is 8.51. The zero-order valence-corrected chi connectivity index (χ0v) is 18.0.